The molecule has 68 valence electrons. The summed E-state index contributed by atoms with van der Waals surface area (Å²) < 4.78 is 23.1. The van der Waals surface area contributed by atoms with Gasteiger partial charge in [0, 0.05) is 28.4 Å². The van der Waals surface area contributed by atoms with Gasteiger partial charge in [0.05, 0.1) is 0 Å². The predicted molar refractivity (Wildman–Crippen MR) is 45.5 cm³/mol. The van der Waals surface area contributed by atoms with Gasteiger partial charge in [-0.2, -0.15) is 0 Å². The van der Waals surface area contributed by atoms with Gasteiger partial charge in [0.15, 0.2) is 0 Å². The smallest absolute Gasteiger partial charge is 0.389 e. The minimum Gasteiger partial charge on any atom is -0.389 e. The van der Waals surface area contributed by atoms with Gasteiger partial charge in [-0.15, -0.1) is 0 Å². The Kier molecular flexibility index (Phi) is 7.06. The predicted octanol–water partition coefficient (Wildman–Crippen LogP) is -1.40. The number of nitrogens with one attached hydrogen (secondary N) is 1. The molecule has 0 atom stereocenters. The molecule has 0 rings (SSSR count). The van der Waals surface area contributed by atoms with Gasteiger partial charge in [-0.1, -0.05) is 0 Å². The summed E-state index contributed by atoms with van der Waals surface area (Å²) in [6, 6.07) is 0. The zero-order chi connectivity index (χ0) is 8.69. The van der Waals surface area contributed by atoms with Crippen LogP contribution in [0.3, 0.4) is 0 Å². The molecule has 7 heteroatoms. The molecular weight excluding hydrogens is 182 g/mol. The quantitative estimate of drug-likeness (QED) is 0.531. The molecule has 1 N–H and O–H groups in total. The molecule has 0 aromatic heterocycles. The third-order valence-electron chi connectivity index (χ3n) is 1.13. The average Bonchev–Trinajstić information content (AvgIpc) is 2.07. The highest BCUT2D eigenvalue weighted by Gasteiger charge is 2.18. The summed E-state index contributed by atoms with van der Waals surface area (Å²) in [6.45, 7) is 0. The van der Waals surface area contributed by atoms with E-state index in [1.54, 1.807) is 28.4 Å². The summed E-state index contributed by atoms with van der Waals surface area (Å²) in [5, 5.41) is 0. The van der Waals surface area contributed by atoms with Gasteiger partial charge in [-0.05, 0) is 0 Å². The van der Waals surface area contributed by atoms with Crippen molar-refractivity contribution in [2.45, 2.75) is 0 Å². The average molecular weight is 197 g/mol. The van der Waals surface area contributed by atoms with Crippen molar-refractivity contribution in [3.8, 4) is 0 Å². The molecule has 0 saturated carbocycles. The van der Waals surface area contributed by atoms with Gasteiger partial charge in [0.25, 0.3) is 0 Å². The standard InChI is InChI=1S/C4H15NO4Si2/c1-6-10(7-2)5-11(8-3)9-4/h5,10-11H,1-4H3. The molecule has 0 radical (unpaired) electrons. The highest BCUT2D eigenvalue weighted by atomic mass is 28.4. The van der Waals surface area contributed by atoms with E-state index >= 15 is 0 Å². The minimum atomic E-state index is -1.72. The Morgan fingerprint density at radius 3 is 1.18 bits per heavy atom. The van der Waals surface area contributed by atoms with Crippen LogP contribution in [-0.2, 0) is 17.7 Å². The molecule has 0 bridgehead atoms. The molecule has 0 unspecified atom stereocenters. The van der Waals surface area contributed by atoms with E-state index in [1.807, 2.05) is 0 Å². The Balaban J connectivity index is 3.58. The van der Waals surface area contributed by atoms with Crippen molar-refractivity contribution in [2.75, 3.05) is 28.4 Å². The zero-order valence-corrected chi connectivity index (χ0v) is 9.60. The number of hydrogen-bond acceptors (Lipinski definition) is 5. The maximum atomic E-state index is 5.01. The van der Waals surface area contributed by atoms with Crippen LogP contribution in [0.4, 0.5) is 0 Å². The fourth-order valence-electron chi connectivity index (χ4n) is 0.576. The van der Waals surface area contributed by atoms with Crippen molar-refractivity contribution >= 4 is 18.9 Å². The van der Waals surface area contributed by atoms with Gasteiger partial charge >= 0.3 is 18.9 Å². The first-order valence-corrected chi connectivity index (χ1v) is 6.19. The Hall–Kier alpha value is 0.234. The maximum Gasteiger partial charge on any atom is 0.404 e. The molecule has 0 aliphatic carbocycles. The van der Waals surface area contributed by atoms with E-state index in [4.69, 9.17) is 17.7 Å². The molecule has 0 amide bonds. The lowest BCUT2D eigenvalue weighted by atomic mass is 11.8. The topological polar surface area (TPSA) is 49.0 Å². The normalized spacial score (nSPS) is 11.5. The van der Waals surface area contributed by atoms with Crippen LogP contribution in [-0.4, -0.2) is 47.3 Å². The first-order valence-electron chi connectivity index (χ1n) is 3.15. The van der Waals surface area contributed by atoms with Crippen molar-refractivity contribution in [3.05, 3.63) is 0 Å². The summed E-state index contributed by atoms with van der Waals surface area (Å²) >= 11 is 0. The first kappa shape index (κ1) is 11.2. The van der Waals surface area contributed by atoms with Crippen LogP contribution < -0.4 is 4.65 Å². The minimum absolute atomic E-state index is 1.60. The summed E-state index contributed by atoms with van der Waals surface area (Å²) in [4.78, 5) is 0. The maximum absolute atomic E-state index is 5.01. The van der Waals surface area contributed by atoms with Gasteiger partial charge in [0.2, 0.25) is 0 Å². The fraction of sp³-hybridized carbons (Fsp3) is 1.00. The fourth-order valence-corrected chi connectivity index (χ4v) is 4.03. The van der Waals surface area contributed by atoms with Crippen molar-refractivity contribution < 1.29 is 17.7 Å². The third kappa shape index (κ3) is 4.64. The van der Waals surface area contributed by atoms with Crippen molar-refractivity contribution in [2.24, 2.45) is 0 Å². The van der Waals surface area contributed by atoms with Gasteiger partial charge < -0.3 is 17.7 Å². The second-order valence-corrected chi connectivity index (χ2v) is 6.32. The summed E-state index contributed by atoms with van der Waals surface area (Å²) in [7, 11) is 2.96. The first-order chi connectivity index (χ1) is 5.28. The van der Waals surface area contributed by atoms with Crippen LogP contribution >= 0.6 is 0 Å². The molecule has 5 nitrogen and oxygen atoms in total. The van der Waals surface area contributed by atoms with Gasteiger partial charge in [-0.3, -0.25) is 4.65 Å². The van der Waals surface area contributed by atoms with E-state index < -0.39 is 18.9 Å². The molecule has 0 aliphatic rings. The number of rotatable bonds is 6. The molecule has 0 aromatic carbocycles. The summed E-state index contributed by atoms with van der Waals surface area (Å²) in [5.41, 5.74) is 0. The summed E-state index contributed by atoms with van der Waals surface area (Å²) in [6.07, 6.45) is 0. The second-order valence-electron chi connectivity index (χ2n) is 1.77. The van der Waals surface area contributed by atoms with E-state index in [0.717, 1.165) is 0 Å². The lowest BCUT2D eigenvalue weighted by molar-refractivity contribution is 0.242. The molecule has 0 fully saturated rings. The molecule has 0 aliphatic heterocycles. The Morgan fingerprint density at radius 2 is 1.00 bits per heavy atom. The van der Waals surface area contributed by atoms with Gasteiger partial charge in [-0.25, -0.2) is 0 Å². The number of hydrogen-bond donors (Lipinski definition) is 1. The van der Waals surface area contributed by atoms with Gasteiger partial charge in [0.1, 0.15) is 0 Å². The van der Waals surface area contributed by atoms with E-state index in [2.05, 4.69) is 4.65 Å². The van der Waals surface area contributed by atoms with Crippen LogP contribution in [0.25, 0.3) is 0 Å². The van der Waals surface area contributed by atoms with Crippen LogP contribution in [0.2, 0.25) is 0 Å². The molecule has 0 heterocycles. The highest BCUT2D eigenvalue weighted by Crippen LogP contribution is 1.84. The molecule has 0 spiro atoms. The van der Waals surface area contributed by atoms with Crippen molar-refractivity contribution in [3.63, 3.8) is 0 Å². The Morgan fingerprint density at radius 1 is 0.727 bits per heavy atom. The lowest BCUT2D eigenvalue weighted by Crippen LogP contribution is -2.50. The van der Waals surface area contributed by atoms with Crippen LogP contribution in [0, 0.1) is 0 Å². The SMILES string of the molecule is CO[SiH](N[SiH](OC)OC)OC. The van der Waals surface area contributed by atoms with Crippen LogP contribution in [0.1, 0.15) is 0 Å². The Labute approximate surface area is 70.4 Å². The lowest BCUT2D eigenvalue weighted by Gasteiger charge is -2.17. The van der Waals surface area contributed by atoms with Crippen molar-refractivity contribution in [1.29, 1.82) is 0 Å². The third-order valence-corrected chi connectivity index (χ3v) is 5.02. The van der Waals surface area contributed by atoms with E-state index in [0.29, 0.717) is 0 Å². The monoisotopic (exact) mass is 197 g/mol. The van der Waals surface area contributed by atoms with Crippen LogP contribution in [0.5, 0.6) is 0 Å². The van der Waals surface area contributed by atoms with Crippen LogP contribution in [0.15, 0.2) is 0 Å². The molecular formula is C4H15NO4Si2. The molecule has 0 aromatic rings. The zero-order valence-electron chi connectivity index (χ0n) is 7.29. The molecule has 0 saturated heterocycles. The van der Waals surface area contributed by atoms with E-state index in [1.165, 1.54) is 0 Å². The van der Waals surface area contributed by atoms with Crippen molar-refractivity contribution in [1.82, 2.24) is 4.65 Å². The summed E-state index contributed by atoms with van der Waals surface area (Å²) in [5.74, 6) is 0. The van der Waals surface area contributed by atoms with E-state index in [9.17, 15) is 0 Å². The largest absolute Gasteiger partial charge is 0.404 e. The second kappa shape index (κ2) is 6.91. The van der Waals surface area contributed by atoms with E-state index in [-0.39, 0.29) is 0 Å². The highest BCUT2D eigenvalue weighted by molar-refractivity contribution is 6.59. The Bertz CT molecular complexity index is 78.2. The molecule has 11 heavy (non-hydrogen) atoms.